The van der Waals surface area contributed by atoms with E-state index in [4.69, 9.17) is 11.6 Å². The second-order valence-electron chi connectivity index (χ2n) is 7.55. The highest BCUT2D eigenvalue weighted by Crippen LogP contribution is 2.29. The van der Waals surface area contributed by atoms with Crippen LogP contribution in [-0.4, -0.2) is 42.9 Å². The number of hydrogen-bond donors (Lipinski definition) is 0. The molecule has 174 valence electrons. The van der Waals surface area contributed by atoms with Gasteiger partial charge in [0.1, 0.15) is 5.82 Å². The molecule has 0 N–H and O–H groups in total. The molecule has 9 heteroatoms. The summed E-state index contributed by atoms with van der Waals surface area (Å²) in [4.78, 5) is 19.0. The van der Waals surface area contributed by atoms with Gasteiger partial charge in [-0.25, -0.2) is 4.39 Å². The highest BCUT2D eigenvalue weighted by atomic mass is 35.5. The van der Waals surface area contributed by atoms with Crippen molar-refractivity contribution in [2.24, 2.45) is 0 Å². The molecular weight excluding hydrogens is 473 g/mol. The Kier molecular flexibility index (Phi) is 7.59. The molecule has 4 aromatic rings. The van der Waals surface area contributed by atoms with Crippen LogP contribution in [0, 0.1) is 5.82 Å². The number of pyridine rings is 1. The molecule has 1 atom stereocenters. The molecule has 6 nitrogen and oxygen atoms in total. The highest BCUT2D eigenvalue weighted by Gasteiger charge is 2.22. The molecule has 0 saturated heterocycles. The summed E-state index contributed by atoms with van der Waals surface area (Å²) in [6.45, 7) is 4.40. The minimum absolute atomic E-state index is 0.0413. The Morgan fingerprint density at radius 1 is 1.06 bits per heavy atom. The number of nitrogens with zero attached hydrogens (tertiary/aromatic N) is 5. The summed E-state index contributed by atoms with van der Waals surface area (Å²) < 4.78 is 15.2. The summed E-state index contributed by atoms with van der Waals surface area (Å²) in [6.07, 6.45) is 3.39. The molecule has 2 aromatic heterocycles. The molecule has 0 saturated carbocycles. The lowest BCUT2D eigenvalue weighted by molar-refractivity contribution is -0.130. The summed E-state index contributed by atoms with van der Waals surface area (Å²) in [7, 11) is 0. The predicted octanol–water partition coefficient (Wildman–Crippen LogP) is 5.82. The maximum atomic E-state index is 13.3. The number of hydrogen-bond acceptors (Lipinski definition) is 5. The lowest BCUT2D eigenvalue weighted by Gasteiger charge is -2.28. The molecule has 1 unspecified atom stereocenters. The third-order valence-corrected chi connectivity index (χ3v) is 6.63. The number of aromatic nitrogens is 4. The van der Waals surface area contributed by atoms with Crippen LogP contribution in [0.15, 0.2) is 78.2 Å². The monoisotopic (exact) mass is 495 g/mol. The lowest BCUT2D eigenvalue weighted by Crippen LogP contribution is -2.34. The van der Waals surface area contributed by atoms with Crippen molar-refractivity contribution in [3.8, 4) is 17.1 Å². The number of thioether (sulfide) groups is 1. The average Bonchev–Trinajstić information content (AvgIpc) is 3.28. The molecule has 0 aliphatic carbocycles. The third kappa shape index (κ3) is 5.29. The van der Waals surface area contributed by atoms with E-state index < -0.39 is 0 Å². The minimum Gasteiger partial charge on any atom is -0.335 e. The van der Waals surface area contributed by atoms with Crippen LogP contribution >= 0.6 is 23.4 Å². The van der Waals surface area contributed by atoms with Gasteiger partial charge >= 0.3 is 0 Å². The fourth-order valence-corrected chi connectivity index (χ4v) is 4.63. The summed E-state index contributed by atoms with van der Waals surface area (Å²) in [6, 6.07) is 17.2. The average molecular weight is 496 g/mol. The zero-order chi connectivity index (χ0) is 24.1. The van der Waals surface area contributed by atoms with Crippen molar-refractivity contribution in [2.75, 3.05) is 12.3 Å². The van der Waals surface area contributed by atoms with E-state index in [9.17, 15) is 9.18 Å². The Labute approximate surface area is 206 Å². The molecule has 2 aromatic carbocycles. The number of carbonyl (C=O) groups is 1. The quantitative estimate of drug-likeness (QED) is 0.288. The zero-order valence-electron chi connectivity index (χ0n) is 18.7. The first-order valence-corrected chi connectivity index (χ1v) is 12.1. The second kappa shape index (κ2) is 10.8. The smallest absolute Gasteiger partial charge is 0.233 e. The second-order valence-corrected chi connectivity index (χ2v) is 8.93. The molecule has 2 heterocycles. The van der Waals surface area contributed by atoms with Crippen LogP contribution in [-0.2, 0) is 4.79 Å². The Balaban J connectivity index is 1.58. The first-order chi connectivity index (χ1) is 16.5. The van der Waals surface area contributed by atoms with E-state index in [2.05, 4.69) is 15.2 Å². The standard InChI is InChI=1S/C25H23ClFN5OS/c1-3-31(17(2)18-4-8-21(27)9-5-18)23(33)16-34-25-30-29-24(19-12-14-28-15-13-19)32(25)22-10-6-20(26)7-11-22/h4-15,17H,3,16H2,1-2H3. The largest absolute Gasteiger partial charge is 0.335 e. The first-order valence-electron chi connectivity index (χ1n) is 10.8. The maximum absolute atomic E-state index is 13.3. The van der Waals surface area contributed by atoms with Crippen LogP contribution in [0.3, 0.4) is 0 Å². The van der Waals surface area contributed by atoms with E-state index in [0.717, 1.165) is 16.8 Å². The molecule has 34 heavy (non-hydrogen) atoms. The molecule has 4 rings (SSSR count). The van der Waals surface area contributed by atoms with Crippen LogP contribution in [0.25, 0.3) is 17.1 Å². The van der Waals surface area contributed by atoms with Crippen LogP contribution < -0.4 is 0 Å². The molecule has 0 bridgehead atoms. The molecule has 0 aliphatic rings. The lowest BCUT2D eigenvalue weighted by atomic mass is 10.1. The summed E-state index contributed by atoms with van der Waals surface area (Å²) in [5, 5.41) is 9.98. The van der Waals surface area contributed by atoms with Gasteiger partial charge in [0.15, 0.2) is 11.0 Å². The van der Waals surface area contributed by atoms with Gasteiger partial charge in [-0.05, 0) is 67.9 Å². The summed E-state index contributed by atoms with van der Waals surface area (Å²) >= 11 is 7.40. The third-order valence-electron chi connectivity index (χ3n) is 5.46. The summed E-state index contributed by atoms with van der Waals surface area (Å²) in [5.41, 5.74) is 2.57. The van der Waals surface area contributed by atoms with E-state index in [1.807, 2.05) is 42.7 Å². The van der Waals surface area contributed by atoms with Crippen LogP contribution in [0.2, 0.25) is 5.02 Å². The Hall–Kier alpha value is -3.23. The minimum atomic E-state index is -0.299. The van der Waals surface area contributed by atoms with E-state index in [1.165, 1.54) is 23.9 Å². The van der Waals surface area contributed by atoms with Crippen LogP contribution in [0.1, 0.15) is 25.5 Å². The van der Waals surface area contributed by atoms with Gasteiger partial charge in [0.2, 0.25) is 5.91 Å². The van der Waals surface area contributed by atoms with Gasteiger partial charge in [0.25, 0.3) is 0 Å². The maximum Gasteiger partial charge on any atom is 0.233 e. The molecule has 0 spiro atoms. The Bertz CT molecular complexity index is 1250. The number of halogens is 2. The SMILES string of the molecule is CCN(C(=O)CSc1nnc(-c2ccncc2)n1-c1ccc(Cl)cc1)C(C)c1ccc(F)cc1. The zero-order valence-corrected chi connectivity index (χ0v) is 20.3. The first kappa shape index (κ1) is 23.9. The topological polar surface area (TPSA) is 63.9 Å². The van der Waals surface area contributed by atoms with Crippen molar-refractivity contribution < 1.29 is 9.18 Å². The van der Waals surface area contributed by atoms with Gasteiger partial charge in [-0.3, -0.25) is 14.3 Å². The van der Waals surface area contributed by atoms with Crippen LogP contribution in [0.5, 0.6) is 0 Å². The molecule has 0 aliphatic heterocycles. The predicted molar refractivity (Wildman–Crippen MR) is 133 cm³/mol. The van der Waals surface area contributed by atoms with E-state index >= 15 is 0 Å². The van der Waals surface area contributed by atoms with E-state index in [-0.39, 0.29) is 23.5 Å². The van der Waals surface area contributed by atoms with Crippen molar-refractivity contribution >= 4 is 29.3 Å². The fourth-order valence-electron chi connectivity index (χ4n) is 3.67. The van der Waals surface area contributed by atoms with Crippen molar-refractivity contribution in [1.82, 2.24) is 24.6 Å². The molecular formula is C25H23ClFN5OS. The highest BCUT2D eigenvalue weighted by molar-refractivity contribution is 7.99. The van der Waals surface area contributed by atoms with E-state index in [0.29, 0.717) is 22.5 Å². The number of benzene rings is 2. The molecule has 1 amide bonds. The van der Waals surface area contributed by atoms with Crippen molar-refractivity contribution in [1.29, 1.82) is 0 Å². The number of rotatable bonds is 8. The fraction of sp³-hybridized carbons (Fsp3) is 0.200. The Morgan fingerprint density at radius 3 is 2.38 bits per heavy atom. The van der Waals surface area contributed by atoms with Crippen molar-refractivity contribution in [3.05, 3.63) is 89.5 Å². The van der Waals surface area contributed by atoms with Gasteiger partial charge < -0.3 is 4.90 Å². The van der Waals surface area contributed by atoms with Gasteiger partial charge in [-0.15, -0.1) is 10.2 Å². The Morgan fingerprint density at radius 2 is 1.74 bits per heavy atom. The van der Waals surface area contributed by atoms with Gasteiger partial charge in [-0.1, -0.05) is 35.5 Å². The van der Waals surface area contributed by atoms with Gasteiger partial charge in [0.05, 0.1) is 11.8 Å². The number of amides is 1. The van der Waals surface area contributed by atoms with Crippen molar-refractivity contribution in [3.63, 3.8) is 0 Å². The van der Waals surface area contributed by atoms with E-state index in [1.54, 1.807) is 41.6 Å². The van der Waals surface area contributed by atoms with Crippen molar-refractivity contribution in [2.45, 2.75) is 25.0 Å². The normalized spacial score (nSPS) is 11.9. The van der Waals surface area contributed by atoms with Gasteiger partial charge in [-0.2, -0.15) is 0 Å². The van der Waals surface area contributed by atoms with Crippen LogP contribution in [0.4, 0.5) is 4.39 Å². The van der Waals surface area contributed by atoms with Gasteiger partial charge in [0, 0.05) is 35.2 Å². The molecule has 0 fully saturated rings. The molecule has 0 radical (unpaired) electrons. The summed E-state index contributed by atoms with van der Waals surface area (Å²) in [5.74, 6) is 0.487. The number of carbonyl (C=O) groups excluding carboxylic acids is 1.